The van der Waals surface area contributed by atoms with Crippen LogP contribution in [0.5, 0.6) is 0 Å². The van der Waals surface area contributed by atoms with E-state index in [9.17, 15) is 0 Å². The third-order valence-electron chi connectivity index (χ3n) is 8.77. The minimum absolute atomic E-state index is 1.11. The first-order chi connectivity index (χ1) is 20.9. The molecule has 0 heteroatoms. The molecule has 0 unspecified atom stereocenters. The van der Waals surface area contributed by atoms with E-state index in [4.69, 9.17) is 0 Å². The quantitative estimate of drug-likeness (QED) is 0.197. The van der Waals surface area contributed by atoms with Crippen molar-refractivity contribution < 1.29 is 0 Å². The zero-order chi connectivity index (χ0) is 27.9. The van der Waals surface area contributed by atoms with Crippen LogP contribution >= 0.6 is 0 Å². The summed E-state index contributed by atoms with van der Waals surface area (Å²) in [6, 6.07) is 51.3. The lowest BCUT2D eigenvalue weighted by Gasteiger charge is -2.19. The molecule has 7 aromatic rings. The van der Waals surface area contributed by atoms with Crippen LogP contribution in [0.1, 0.15) is 18.4 Å². The summed E-state index contributed by atoms with van der Waals surface area (Å²) in [5.41, 5.74) is 10.4. The normalized spacial score (nSPS) is 13.1. The lowest BCUT2D eigenvalue weighted by atomic mass is 9.84. The van der Waals surface area contributed by atoms with E-state index in [1.165, 1.54) is 76.8 Å². The van der Waals surface area contributed by atoms with Gasteiger partial charge in [0.25, 0.3) is 0 Å². The molecule has 0 N–H and O–H groups in total. The van der Waals surface area contributed by atoms with Gasteiger partial charge in [-0.15, -0.1) is 0 Å². The van der Waals surface area contributed by atoms with Gasteiger partial charge in [0.15, 0.2) is 0 Å². The van der Waals surface area contributed by atoms with Crippen LogP contribution in [-0.2, 0) is 0 Å². The summed E-state index contributed by atoms with van der Waals surface area (Å²) in [4.78, 5) is 0. The van der Waals surface area contributed by atoms with Gasteiger partial charge < -0.3 is 0 Å². The van der Waals surface area contributed by atoms with Gasteiger partial charge in [0.1, 0.15) is 0 Å². The maximum Gasteiger partial charge on any atom is -0.00201 e. The first-order valence-electron chi connectivity index (χ1n) is 14.8. The molecule has 42 heavy (non-hydrogen) atoms. The molecule has 0 heterocycles. The Kier molecular flexibility index (Phi) is 6.04. The predicted octanol–water partition coefficient (Wildman–Crippen LogP) is 11.9. The van der Waals surface area contributed by atoms with Gasteiger partial charge in [-0.2, -0.15) is 0 Å². The summed E-state index contributed by atoms with van der Waals surface area (Å²) in [7, 11) is 0. The smallest absolute Gasteiger partial charge is 0.00201 e. The van der Waals surface area contributed by atoms with Crippen LogP contribution in [0.4, 0.5) is 0 Å². The summed E-state index contributed by atoms with van der Waals surface area (Å²) >= 11 is 0. The van der Waals surface area contributed by atoms with Crippen LogP contribution in [-0.4, -0.2) is 0 Å². The molecule has 0 spiro atoms. The van der Waals surface area contributed by atoms with Crippen LogP contribution < -0.4 is 0 Å². The van der Waals surface area contributed by atoms with Crippen molar-refractivity contribution in [2.45, 2.75) is 12.8 Å². The molecule has 0 aromatic heterocycles. The van der Waals surface area contributed by atoms with E-state index in [-0.39, 0.29) is 0 Å². The number of rotatable bonds is 4. The number of fused-ring (bicyclic) bond motifs is 3. The molecule has 0 bridgehead atoms. The lowest BCUT2D eigenvalue weighted by Crippen LogP contribution is -1.92. The maximum absolute atomic E-state index is 2.34. The van der Waals surface area contributed by atoms with Crippen molar-refractivity contribution in [3.8, 4) is 33.4 Å². The molecule has 0 atom stereocenters. The second-order valence-corrected chi connectivity index (χ2v) is 11.1. The molecule has 0 nitrogen and oxygen atoms in total. The largest absolute Gasteiger partial charge is 0.0842 e. The zero-order valence-electron chi connectivity index (χ0n) is 23.4. The Labute approximate surface area is 246 Å². The van der Waals surface area contributed by atoms with E-state index in [1.807, 2.05) is 0 Å². The summed E-state index contributed by atoms with van der Waals surface area (Å²) in [6.45, 7) is 0. The van der Waals surface area contributed by atoms with Gasteiger partial charge in [-0.3, -0.25) is 0 Å². The molecule has 0 saturated heterocycles. The fraction of sp³-hybridized carbons (Fsp3) is 0.0476. The van der Waals surface area contributed by atoms with E-state index < -0.39 is 0 Å². The SMILES string of the molecule is C1=CCCC(c2ccc(-c3ccc(-c4c5ccccc5c(-c5ccccc5)c5ccccc45)c4ccccc34)cc2)=C1. The number of hydrogen-bond acceptors (Lipinski definition) is 0. The van der Waals surface area contributed by atoms with Gasteiger partial charge in [-0.1, -0.05) is 158 Å². The predicted molar refractivity (Wildman–Crippen MR) is 182 cm³/mol. The van der Waals surface area contributed by atoms with Crippen LogP contribution in [0.2, 0.25) is 0 Å². The summed E-state index contributed by atoms with van der Waals surface area (Å²) in [5.74, 6) is 0. The standard InChI is InChI=1S/C42H30/c1-3-13-29(14-4-1)30-23-25-31(26-24-30)33-27-28-40(35-18-8-7-17-34(33)35)42-38-21-11-9-19-36(38)41(32-15-5-2-6-16-32)37-20-10-12-22-39(37)42/h1-3,5-13,15-28H,4,14H2. The topological polar surface area (TPSA) is 0 Å². The first kappa shape index (κ1) is 24.6. The highest BCUT2D eigenvalue weighted by atomic mass is 14.2. The molecular formula is C42H30. The van der Waals surface area contributed by atoms with Crippen molar-refractivity contribution in [2.24, 2.45) is 0 Å². The minimum atomic E-state index is 1.11. The van der Waals surface area contributed by atoms with Crippen molar-refractivity contribution in [2.75, 3.05) is 0 Å². The van der Waals surface area contributed by atoms with Gasteiger partial charge >= 0.3 is 0 Å². The fourth-order valence-corrected chi connectivity index (χ4v) is 6.81. The van der Waals surface area contributed by atoms with Crippen molar-refractivity contribution >= 4 is 37.9 Å². The van der Waals surface area contributed by atoms with E-state index in [2.05, 4.69) is 158 Å². The molecule has 1 aliphatic carbocycles. The average molecular weight is 535 g/mol. The highest BCUT2D eigenvalue weighted by molar-refractivity contribution is 6.24. The molecule has 7 aromatic carbocycles. The zero-order valence-corrected chi connectivity index (χ0v) is 23.4. The molecule has 198 valence electrons. The summed E-state index contributed by atoms with van der Waals surface area (Å²) < 4.78 is 0. The fourth-order valence-electron chi connectivity index (χ4n) is 6.81. The van der Waals surface area contributed by atoms with E-state index in [0.717, 1.165) is 12.8 Å². The van der Waals surface area contributed by atoms with Crippen LogP contribution in [0.3, 0.4) is 0 Å². The molecular weight excluding hydrogens is 504 g/mol. The van der Waals surface area contributed by atoms with E-state index in [1.54, 1.807) is 0 Å². The maximum atomic E-state index is 2.34. The third-order valence-corrected chi connectivity index (χ3v) is 8.77. The van der Waals surface area contributed by atoms with Crippen LogP contribution in [0.15, 0.2) is 158 Å². The van der Waals surface area contributed by atoms with Crippen LogP contribution in [0.25, 0.3) is 71.3 Å². The Morgan fingerprint density at radius 1 is 0.357 bits per heavy atom. The van der Waals surface area contributed by atoms with Crippen molar-refractivity contribution in [3.05, 3.63) is 163 Å². The second-order valence-electron chi connectivity index (χ2n) is 11.1. The molecule has 0 saturated carbocycles. The van der Waals surface area contributed by atoms with Gasteiger partial charge in [0, 0.05) is 0 Å². The third kappa shape index (κ3) is 4.07. The highest BCUT2D eigenvalue weighted by Crippen LogP contribution is 2.46. The van der Waals surface area contributed by atoms with Crippen molar-refractivity contribution in [3.63, 3.8) is 0 Å². The molecule has 8 rings (SSSR count). The molecule has 0 aliphatic heterocycles. The second kappa shape index (κ2) is 10.3. The van der Waals surface area contributed by atoms with Gasteiger partial charge in [0.2, 0.25) is 0 Å². The first-order valence-corrected chi connectivity index (χ1v) is 14.8. The highest BCUT2D eigenvalue weighted by Gasteiger charge is 2.18. The Morgan fingerprint density at radius 2 is 0.857 bits per heavy atom. The molecule has 0 amide bonds. The summed E-state index contributed by atoms with van der Waals surface area (Å²) in [6.07, 6.45) is 8.90. The lowest BCUT2D eigenvalue weighted by molar-refractivity contribution is 1.05. The number of benzene rings is 7. The minimum Gasteiger partial charge on any atom is -0.0842 e. The number of hydrogen-bond donors (Lipinski definition) is 0. The monoisotopic (exact) mass is 534 g/mol. The Balaban J connectivity index is 1.37. The molecule has 0 radical (unpaired) electrons. The Hall–Kier alpha value is -5.20. The van der Waals surface area contributed by atoms with Gasteiger partial charge in [-0.25, -0.2) is 0 Å². The van der Waals surface area contributed by atoms with E-state index in [0.29, 0.717) is 0 Å². The molecule has 1 aliphatic rings. The molecule has 0 fully saturated rings. The van der Waals surface area contributed by atoms with Gasteiger partial charge in [0.05, 0.1) is 0 Å². The van der Waals surface area contributed by atoms with Crippen LogP contribution in [0, 0.1) is 0 Å². The number of allylic oxidation sites excluding steroid dienone is 4. The Bertz CT molecular complexity index is 2100. The van der Waals surface area contributed by atoms with Crippen molar-refractivity contribution in [1.82, 2.24) is 0 Å². The van der Waals surface area contributed by atoms with Crippen molar-refractivity contribution in [1.29, 1.82) is 0 Å². The summed E-state index contributed by atoms with van der Waals surface area (Å²) in [5, 5.41) is 7.70. The average Bonchev–Trinajstić information content (AvgIpc) is 3.08. The Morgan fingerprint density at radius 3 is 1.45 bits per heavy atom. The van der Waals surface area contributed by atoms with Gasteiger partial charge in [-0.05, 0) is 89.7 Å². The van der Waals surface area contributed by atoms with E-state index >= 15 is 0 Å².